The molecule has 1 aliphatic heterocycles. The fraction of sp³-hybridized carbons (Fsp3) is 0.235. The van der Waals surface area contributed by atoms with E-state index in [0.29, 0.717) is 46.1 Å². The number of carbonyl (C=O) groups excluding carboxylic acids is 1. The molecule has 7 nitrogen and oxygen atoms in total. The van der Waals surface area contributed by atoms with Gasteiger partial charge in [0.05, 0.1) is 11.9 Å². The summed E-state index contributed by atoms with van der Waals surface area (Å²) in [5.41, 5.74) is 0.661. The molecule has 0 radical (unpaired) electrons. The van der Waals surface area contributed by atoms with Crippen molar-refractivity contribution in [2.45, 2.75) is 0 Å². The van der Waals surface area contributed by atoms with E-state index >= 15 is 0 Å². The minimum Gasteiger partial charge on any atom is -0.486 e. The molecule has 2 aromatic carbocycles. The third kappa shape index (κ3) is 4.97. The number of halogens is 2. The summed E-state index contributed by atoms with van der Waals surface area (Å²) >= 11 is 11.8. The van der Waals surface area contributed by atoms with E-state index < -0.39 is 22.5 Å². The van der Waals surface area contributed by atoms with Gasteiger partial charge in [0.1, 0.15) is 19.8 Å². The molecule has 1 amide bonds. The Balaban J connectivity index is 1.82. The van der Waals surface area contributed by atoms with Crippen molar-refractivity contribution in [1.29, 1.82) is 0 Å². The first-order chi connectivity index (χ1) is 12.7. The van der Waals surface area contributed by atoms with Crippen molar-refractivity contribution in [2.75, 3.05) is 35.6 Å². The van der Waals surface area contributed by atoms with Crippen LogP contribution >= 0.6 is 23.2 Å². The Kier molecular flexibility index (Phi) is 5.69. The summed E-state index contributed by atoms with van der Waals surface area (Å²) in [7, 11) is -3.72. The second-order valence-electron chi connectivity index (χ2n) is 5.80. The number of sulfonamides is 1. The van der Waals surface area contributed by atoms with E-state index in [9.17, 15) is 13.2 Å². The molecule has 1 heterocycles. The summed E-state index contributed by atoms with van der Waals surface area (Å²) in [5, 5.41) is 3.29. The highest BCUT2D eigenvalue weighted by Gasteiger charge is 2.23. The van der Waals surface area contributed by atoms with Gasteiger partial charge in [0.2, 0.25) is 15.9 Å². The van der Waals surface area contributed by atoms with Gasteiger partial charge in [0.25, 0.3) is 0 Å². The van der Waals surface area contributed by atoms with Gasteiger partial charge in [0.15, 0.2) is 11.5 Å². The van der Waals surface area contributed by atoms with Crippen LogP contribution in [0, 0.1) is 0 Å². The first-order valence-corrected chi connectivity index (χ1v) is 10.5. The normalized spacial score (nSPS) is 13.1. The van der Waals surface area contributed by atoms with Crippen molar-refractivity contribution in [3.05, 3.63) is 46.4 Å². The second-order valence-corrected chi connectivity index (χ2v) is 8.58. The van der Waals surface area contributed by atoms with Crippen LogP contribution in [0.1, 0.15) is 0 Å². The number of anilines is 2. The fourth-order valence-corrected chi connectivity index (χ4v) is 3.92. The number of nitrogens with zero attached hydrogens (tertiary/aromatic N) is 1. The molecule has 0 bridgehead atoms. The van der Waals surface area contributed by atoms with Crippen LogP contribution in [0.25, 0.3) is 0 Å². The number of carbonyl (C=O) groups is 1. The highest BCUT2D eigenvalue weighted by atomic mass is 35.5. The van der Waals surface area contributed by atoms with E-state index in [4.69, 9.17) is 32.7 Å². The molecular weight excluding hydrogens is 415 g/mol. The number of nitrogens with one attached hydrogen (secondary N) is 1. The lowest BCUT2D eigenvalue weighted by Gasteiger charge is -2.24. The Bertz CT molecular complexity index is 961. The van der Waals surface area contributed by atoms with Crippen LogP contribution in [-0.4, -0.2) is 40.3 Å². The Hall–Kier alpha value is -2.16. The Morgan fingerprint density at radius 3 is 2.33 bits per heavy atom. The van der Waals surface area contributed by atoms with Gasteiger partial charge in [-0.05, 0) is 30.3 Å². The lowest BCUT2D eigenvalue weighted by atomic mass is 10.2. The molecule has 0 fully saturated rings. The molecule has 0 atom stereocenters. The minimum atomic E-state index is -3.72. The zero-order chi connectivity index (χ0) is 19.6. The number of ether oxygens (including phenoxy) is 2. The molecule has 3 rings (SSSR count). The first-order valence-electron chi connectivity index (χ1n) is 7.86. The monoisotopic (exact) mass is 430 g/mol. The van der Waals surface area contributed by atoms with Crippen LogP contribution in [0.5, 0.6) is 11.5 Å². The van der Waals surface area contributed by atoms with Gasteiger partial charge in [0, 0.05) is 21.8 Å². The van der Waals surface area contributed by atoms with E-state index in [1.807, 2.05) is 0 Å². The smallest absolute Gasteiger partial charge is 0.245 e. The maximum absolute atomic E-state index is 12.4. The van der Waals surface area contributed by atoms with Crippen LogP contribution in [0.2, 0.25) is 10.0 Å². The van der Waals surface area contributed by atoms with Gasteiger partial charge < -0.3 is 14.8 Å². The van der Waals surface area contributed by atoms with Crippen molar-refractivity contribution in [2.24, 2.45) is 0 Å². The molecule has 0 aromatic heterocycles. The zero-order valence-corrected chi connectivity index (χ0v) is 16.6. The lowest BCUT2D eigenvalue weighted by Crippen LogP contribution is -2.37. The summed E-state index contributed by atoms with van der Waals surface area (Å²) in [5.74, 6) is 0.402. The van der Waals surface area contributed by atoms with E-state index in [1.54, 1.807) is 12.1 Å². The van der Waals surface area contributed by atoms with E-state index in [2.05, 4.69) is 5.32 Å². The van der Waals surface area contributed by atoms with Crippen molar-refractivity contribution in [3.8, 4) is 11.5 Å². The average Bonchev–Trinajstić information content (AvgIpc) is 2.57. The van der Waals surface area contributed by atoms with Crippen molar-refractivity contribution in [1.82, 2.24) is 0 Å². The van der Waals surface area contributed by atoms with Crippen LogP contribution in [0.4, 0.5) is 11.4 Å². The van der Waals surface area contributed by atoms with Crippen LogP contribution in [-0.2, 0) is 14.8 Å². The maximum Gasteiger partial charge on any atom is 0.245 e. The van der Waals surface area contributed by atoms with Gasteiger partial charge in [-0.25, -0.2) is 8.42 Å². The second kappa shape index (κ2) is 7.84. The van der Waals surface area contributed by atoms with Crippen LogP contribution < -0.4 is 19.1 Å². The summed E-state index contributed by atoms with van der Waals surface area (Å²) in [6.45, 7) is 0.362. The third-order valence-electron chi connectivity index (χ3n) is 3.65. The predicted octanol–water partition coefficient (Wildman–Crippen LogP) is 3.17. The molecule has 0 unspecified atom stereocenters. The maximum atomic E-state index is 12.4. The lowest BCUT2D eigenvalue weighted by molar-refractivity contribution is -0.114. The van der Waals surface area contributed by atoms with Crippen molar-refractivity contribution >= 4 is 50.5 Å². The molecular formula is C17H16Cl2N2O5S. The minimum absolute atomic E-state index is 0.293. The molecule has 1 N–H and O–H groups in total. The molecule has 2 aromatic rings. The molecule has 10 heteroatoms. The molecule has 144 valence electrons. The number of hydrogen-bond acceptors (Lipinski definition) is 5. The number of hydrogen-bond donors (Lipinski definition) is 1. The highest BCUT2D eigenvalue weighted by Crippen LogP contribution is 2.34. The summed E-state index contributed by atoms with van der Waals surface area (Å²) in [6, 6.07) is 9.24. The largest absolute Gasteiger partial charge is 0.486 e. The van der Waals surface area contributed by atoms with Crippen molar-refractivity contribution < 1.29 is 22.7 Å². The quantitative estimate of drug-likeness (QED) is 0.786. The number of amides is 1. The summed E-state index contributed by atoms with van der Waals surface area (Å²) < 4.78 is 36.3. The third-order valence-corrected chi connectivity index (χ3v) is 5.22. The van der Waals surface area contributed by atoms with Crippen LogP contribution in [0.15, 0.2) is 36.4 Å². The Labute approximate surface area is 166 Å². The van der Waals surface area contributed by atoms with Crippen LogP contribution in [0.3, 0.4) is 0 Å². The topological polar surface area (TPSA) is 84.9 Å². The standard InChI is InChI=1S/C17H16Cl2N2O5S/c1-27(23,24)21(14-2-3-15-16(9-14)26-5-4-25-15)10-17(22)20-13-7-11(18)6-12(19)8-13/h2-3,6-9H,4-5,10H2,1H3,(H,20,22). The SMILES string of the molecule is CS(=O)(=O)N(CC(=O)Nc1cc(Cl)cc(Cl)c1)c1ccc2c(c1)OCCO2. The molecule has 0 saturated heterocycles. The predicted molar refractivity (Wildman–Crippen MR) is 105 cm³/mol. The van der Waals surface area contributed by atoms with E-state index in [0.717, 1.165) is 10.6 Å². The number of fused-ring (bicyclic) bond motifs is 1. The number of rotatable bonds is 5. The zero-order valence-electron chi connectivity index (χ0n) is 14.2. The Morgan fingerprint density at radius 1 is 1.07 bits per heavy atom. The number of benzene rings is 2. The van der Waals surface area contributed by atoms with Gasteiger partial charge in [-0.3, -0.25) is 9.10 Å². The van der Waals surface area contributed by atoms with Gasteiger partial charge in [-0.15, -0.1) is 0 Å². The molecule has 1 aliphatic rings. The fourth-order valence-electron chi connectivity index (χ4n) is 2.54. The van der Waals surface area contributed by atoms with Gasteiger partial charge in [-0.2, -0.15) is 0 Å². The molecule has 0 aliphatic carbocycles. The Morgan fingerprint density at radius 2 is 1.70 bits per heavy atom. The summed E-state index contributed by atoms with van der Waals surface area (Å²) in [4.78, 5) is 12.4. The molecule has 0 saturated carbocycles. The first kappa shape index (κ1) is 19.6. The van der Waals surface area contributed by atoms with Crippen molar-refractivity contribution in [3.63, 3.8) is 0 Å². The van der Waals surface area contributed by atoms with E-state index in [-0.39, 0.29) is 0 Å². The summed E-state index contributed by atoms with van der Waals surface area (Å²) in [6.07, 6.45) is 1.02. The highest BCUT2D eigenvalue weighted by molar-refractivity contribution is 7.92. The van der Waals surface area contributed by atoms with Gasteiger partial charge in [-0.1, -0.05) is 23.2 Å². The molecule has 27 heavy (non-hydrogen) atoms. The molecule has 0 spiro atoms. The van der Waals surface area contributed by atoms with E-state index in [1.165, 1.54) is 24.3 Å². The average molecular weight is 431 g/mol. The van der Waals surface area contributed by atoms with Gasteiger partial charge >= 0.3 is 0 Å².